The van der Waals surface area contributed by atoms with Crippen molar-refractivity contribution >= 4 is 35.3 Å². The van der Waals surface area contributed by atoms with E-state index in [4.69, 9.17) is 36.1 Å². The highest BCUT2D eigenvalue weighted by Gasteiger charge is 2.42. The van der Waals surface area contributed by atoms with E-state index in [-0.39, 0.29) is 31.2 Å². The second kappa shape index (κ2) is 19.8. The number of hydrogen-bond donors (Lipinski definition) is 3. The number of alkyl halides is 1. The molecule has 12 nitrogen and oxygen atoms in total. The molecule has 0 radical (unpaired) electrons. The molecule has 3 N–H and O–H groups in total. The Balaban J connectivity index is 1.65. The van der Waals surface area contributed by atoms with E-state index >= 15 is 0 Å². The quantitative estimate of drug-likeness (QED) is 0.0696. The Bertz CT molecular complexity index is 1090. The maximum absolute atomic E-state index is 14.8. The molecule has 1 heterocycles. The zero-order valence-electron chi connectivity index (χ0n) is 25.5. The van der Waals surface area contributed by atoms with Gasteiger partial charge < -0.3 is 34.5 Å². The van der Waals surface area contributed by atoms with Crippen LogP contribution in [-0.4, -0.2) is 98.7 Å². The van der Waals surface area contributed by atoms with Crippen molar-refractivity contribution < 1.29 is 32.9 Å². The predicted octanol–water partition coefficient (Wildman–Crippen LogP) is 4.39. The normalized spacial score (nSPS) is 20.6. The van der Waals surface area contributed by atoms with Gasteiger partial charge in [-0.25, -0.2) is 9.18 Å². The maximum Gasteiger partial charge on any atom is 0.318 e. The summed E-state index contributed by atoms with van der Waals surface area (Å²) in [4.78, 5) is 31.6. The summed E-state index contributed by atoms with van der Waals surface area (Å²) >= 11 is 8.13. The number of rotatable bonds is 18. The van der Waals surface area contributed by atoms with Gasteiger partial charge >= 0.3 is 6.03 Å². The molecule has 246 valence electrons. The average molecular weight is 660 g/mol. The zero-order valence-corrected chi connectivity index (χ0v) is 27.0. The van der Waals surface area contributed by atoms with Crippen molar-refractivity contribution in [1.82, 2.24) is 20.4 Å². The number of nitrogens with one attached hydrogen (secondary N) is 3. The molecule has 0 aromatic heterocycles. The summed E-state index contributed by atoms with van der Waals surface area (Å²) in [6, 6.07) is 3.77. The van der Waals surface area contributed by atoms with Gasteiger partial charge in [0.2, 0.25) is 10.8 Å². The Hall–Kier alpha value is -2.48. The van der Waals surface area contributed by atoms with E-state index in [9.17, 15) is 14.0 Å². The van der Waals surface area contributed by atoms with Crippen molar-refractivity contribution in [2.75, 3.05) is 59.8 Å². The number of methoxy groups -OCH3 is 1. The Morgan fingerprint density at radius 2 is 1.86 bits per heavy atom. The van der Waals surface area contributed by atoms with E-state index in [1.165, 1.54) is 24.9 Å². The van der Waals surface area contributed by atoms with Crippen LogP contribution >= 0.6 is 23.4 Å². The predicted molar refractivity (Wildman–Crippen MR) is 166 cm³/mol. The lowest BCUT2D eigenvalue weighted by Gasteiger charge is -2.44. The van der Waals surface area contributed by atoms with Crippen molar-refractivity contribution in [2.24, 2.45) is 5.11 Å². The van der Waals surface area contributed by atoms with Crippen LogP contribution in [0.1, 0.15) is 57.1 Å². The summed E-state index contributed by atoms with van der Waals surface area (Å²) in [5.74, 6) is -0.435. The molecule has 44 heavy (non-hydrogen) atoms. The van der Waals surface area contributed by atoms with Crippen LogP contribution in [0.3, 0.4) is 0 Å². The molecule has 0 bridgehead atoms. The van der Waals surface area contributed by atoms with Gasteiger partial charge in [-0.05, 0) is 25.8 Å². The highest BCUT2D eigenvalue weighted by molar-refractivity contribution is 8.01. The second-order valence-electron chi connectivity index (χ2n) is 10.7. The van der Waals surface area contributed by atoms with Crippen LogP contribution < -0.4 is 20.3 Å². The summed E-state index contributed by atoms with van der Waals surface area (Å²) < 4.78 is 36.6. The first-order valence-corrected chi connectivity index (χ1v) is 16.5. The van der Waals surface area contributed by atoms with E-state index in [1.54, 1.807) is 19.1 Å². The van der Waals surface area contributed by atoms with E-state index in [1.807, 2.05) is 4.90 Å². The van der Waals surface area contributed by atoms with Crippen LogP contribution in [0.2, 0.25) is 0 Å². The van der Waals surface area contributed by atoms with E-state index in [0.717, 1.165) is 38.5 Å². The van der Waals surface area contributed by atoms with Gasteiger partial charge in [-0.15, -0.1) is 23.4 Å². The van der Waals surface area contributed by atoms with E-state index in [2.05, 4.69) is 20.7 Å². The van der Waals surface area contributed by atoms with Crippen molar-refractivity contribution in [1.29, 1.82) is 5.53 Å². The average Bonchev–Trinajstić information content (AvgIpc) is 3.30. The number of halogens is 2. The molecule has 1 aliphatic heterocycles. The van der Waals surface area contributed by atoms with Crippen molar-refractivity contribution in [3.63, 3.8) is 0 Å². The molecule has 2 aliphatic rings. The lowest BCUT2D eigenvalue weighted by Crippen LogP contribution is -2.61. The van der Waals surface area contributed by atoms with Crippen molar-refractivity contribution in [2.45, 2.75) is 73.5 Å². The Labute approximate surface area is 267 Å². The maximum atomic E-state index is 14.8. The molecule has 2 fully saturated rings. The number of hydrogen-bond acceptors (Lipinski definition) is 9. The molecule has 3 amide bonds. The number of amides is 3. The molecule has 1 saturated heterocycles. The number of ether oxygens (including phenoxy) is 4. The minimum Gasteiger partial charge on any atom is -0.497 e. The van der Waals surface area contributed by atoms with E-state index in [0.29, 0.717) is 50.8 Å². The molecule has 15 heteroatoms. The second-order valence-corrected chi connectivity index (χ2v) is 12.5. The first-order valence-electron chi connectivity index (χ1n) is 15.1. The first-order chi connectivity index (χ1) is 21.3. The fourth-order valence-corrected chi connectivity index (χ4v) is 6.97. The number of nitrogens with zero attached hydrogens (tertiary/aromatic N) is 3. The topological polar surface area (TPSA) is 149 Å². The molecule has 0 spiro atoms. The minimum absolute atomic E-state index is 0.0409. The van der Waals surface area contributed by atoms with Gasteiger partial charge in [0.05, 0.1) is 63.5 Å². The van der Waals surface area contributed by atoms with Gasteiger partial charge in [0.1, 0.15) is 34.0 Å². The third-order valence-electron chi connectivity index (χ3n) is 7.53. The molecule has 1 aliphatic carbocycles. The summed E-state index contributed by atoms with van der Waals surface area (Å²) in [6.07, 6.45) is 6.14. The number of urea groups is 1. The van der Waals surface area contributed by atoms with Crippen LogP contribution in [0.4, 0.5) is 9.18 Å². The van der Waals surface area contributed by atoms with Gasteiger partial charge in [-0.3, -0.25) is 4.79 Å². The smallest absolute Gasteiger partial charge is 0.318 e. The van der Waals surface area contributed by atoms with Crippen LogP contribution in [0.15, 0.2) is 23.3 Å². The van der Waals surface area contributed by atoms with Crippen LogP contribution in [0.5, 0.6) is 5.75 Å². The molecular formula is C29H45ClFN6O6S+. The lowest BCUT2D eigenvalue weighted by molar-refractivity contribution is -0.122. The fraction of sp³-hybridized carbons (Fsp3) is 0.724. The van der Waals surface area contributed by atoms with Gasteiger partial charge in [0, 0.05) is 24.2 Å². The van der Waals surface area contributed by atoms with Gasteiger partial charge in [-0.1, -0.05) is 31.7 Å². The SMILES string of the molecule is COc1ccc([C@@H](C)NC(=O)C(COCCOCCOCCN=[N+]=N)SC2C(Cl)CNC(=O)N2C2CCCCCC2)c(F)c1. The standard InChI is InChI=1S/C29H44ClFN6O6S/c1-20(23-10-9-22(40-2)17-25(23)31)35-27(38)26(19-43-16-15-42-14-13-41-12-11-34-36-32)44-28-24(30)18-33-29(39)37(28)21-7-5-3-4-6-8-21/h9-10,17,20-21,24,26,28,32H,3-8,11-16,18-19H2,1-2H3,(H-,33,35,38,39)/p+1/t20-,24?,26?,28?/m1/s1. The van der Waals surface area contributed by atoms with Crippen LogP contribution in [-0.2, 0) is 19.0 Å². The van der Waals surface area contributed by atoms with Gasteiger partial charge in [0.15, 0.2) is 0 Å². The van der Waals surface area contributed by atoms with Gasteiger partial charge in [0.25, 0.3) is 0 Å². The van der Waals surface area contributed by atoms with Crippen LogP contribution in [0, 0.1) is 11.3 Å². The molecule has 1 aromatic rings. The molecule has 1 saturated carbocycles. The monoisotopic (exact) mass is 659 g/mol. The largest absolute Gasteiger partial charge is 0.497 e. The van der Waals surface area contributed by atoms with E-state index < -0.39 is 27.9 Å². The molecular weight excluding hydrogens is 615 g/mol. The molecule has 3 rings (SSSR count). The summed E-state index contributed by atoms with van der Waals surface area (Å²) in [5, 5.41) is 7.76. The first kappa shape index (κ1) is 36.0. The minimum atomic E-state index is -0.723. The van der Waals surface area contributed by atoms with Gasteiger partial charge in [-0.2, -0.15) is 0 Å². The fourth-order valence-electron chi connectivity index (χ4n) is 5.23. The number of thioether (sulfide) groups is 1. The Morgan fingerprint density at radius 1 is 1.18 bits per heavy atom. The zero-order chi connectivity index (χ0) is 31.7. The molecule has 1 aromatic carbocycles. The van der Waals surface area contributed by atoms with Crippen molar-refractivity contribution in [3.05, 3.63) is 29.6 Å². The molecule has 3 unspecified atom stereocenters. The van der Waals surface area contributed by atoms with Crippen LogP contribution in [0.25, 0.3) is 0 Å². The highest BCUT2D eigenvalue weighted by Crippen LogP contribution is 2.35. The number of carbonyl (C=O) groups excluding carboxylic acids is 2. The lowest BCUT2D eigenvalue weighted by atomic mass is 10.1. The highest BCUT2D eigenvalue weighted by atomic mass is 35.5. The Morgan fingerprint density at radius 3 is 2.52 bits per heavy atom. The Kier molecular flexibility index (Phi) is 16.2. The summed E-state index contributed by atoms with van der Waals surface area (Å²) in [5.41, 5.74) is 6.94. The van der Waals surface area contributed by atoms with Crippen molar-refractivity contribution in [3.8, 4) is 5.75 Å². The number of carbonyl (C=O) groups is 2. The summed E-state index contributed by atoms with van der Waals surface area (Å²) in [7, 11) is 1.46. The molecule has 4 atom stereocenters. The summed E-state index contributed by atoms with van der Waals surface area (Å²) in [6.45, 7) is 3.99. The number of benzene rings is 1. The third-order valence-corrected chi connectivity index (χ3v) is 9.59. The third kappa shape index (κ3) is 11.5.